The Bertz CT molecular complexity index is 743. The summed E-state index contributed by atoms with van der Waals surface area (Å²) in [6.07, 6.45) is 1.66. The summed E-state index contributed by atoms with van der Waals surface area (Å²) in [5.74, 6) is 0. The number of aliphatic hydroxyl groups excluding tert-OH is 8. The van der Waals surface area contributed by atoms with Crippen LogP contribution < -0.4 is 0 Å². The molecule has 0 aromatic rings. The van der Waals surface area contributed by atoms with Crippen LogP contribution in [0.1, 0.15) is 117 Å². The second-order valence-corrected chi connectivity index (χ2v) is 13.8. The Balaban J connectivity index is 2.11. The van der Waals surface area contributed by atoms with Gasteiger partial charge in [0.15, 0.2) is 12.6 Å². The molecule has 0 aliphatic carbocycles. The standard InChI is InChI=1S/C36H70O14/c1-3-5-7-9-11-13-15-17-19-45-27(23-47-35-33(43)31(41)29(39)25(21-37)49-35)28(46-20-18-16-14-12-10-8-6-4-2)24-48-36-34(44)32(42)30(40)26(22-38)50-36/h25-44H,3-24H2,1-2H3/t25-,26-,27-,28-,29-,30-,31+,32+,33-,34-,35-,36-/m1/s1. The van der Waals surface area contributed by atoms with Crippen molar-refractivity contribution in [2.45, 2.75) is 190 Å². The lowest BCUT2D eigenvalue weighted by molar-refractivity contribution is -0.315. The number of unbranched alkanes of at least 4 members (excludes halogenated alkanes) is 14. The predicted octanol–water partition coefficient (Wildman–Crippen LogP) is 1.67. The molecule has 0 saturated carbocycles. The van der Waals surface area contributed by atoms with E-state index in [1.807, 2.05) is 0 Å². The van der Waals surface area contributed by atoms with Crippen molar-refractivity contribution in [3.63, 3.8) is 0 Å². The number of ether oxygens (including phenoxy) is 6. The van der Waals surface area contributed by atoms with Crippen molar-refractivity contribution in [3.05, 3.63) is 0 Å². The fourth-order valence-electron chi connectivity index (χ4n) is 6.26. The molecule has 0 radical (unpaired) electrons. The van der Waals surface area contributed by atoms with E-state index in [0.717, 1.165) is 51.4 Å². The van der Waals surface area contributed by atoms with Crippen molar-refractivity contribution in [3.8, 4) is 0 Å². The van der Waals surface area contributed by atoms with Crippen LogP contribution in [0.4, 0.5) is 0 Å². The van der Waals surface area contributed by atoms with Crippen LogP contribution in [-0.2, 0) is 28.4 Å². The summed E-state index contributed by atoms with van der Waals surface area (Å²) in [6, 6.07) is 0. The minimum atomic E-state index is -1.61. The smallest absolute Gasteiger partial charge is 0.186 e. The summed E-state index contributed by atoms with van der Waals surface area (Å²) in [6.45, 7) is 3.57. The van der Waals surface area contributed by atoms with Crippen molar-refractivity contribution >= 4 is 0 Å². The summed E-state index contributed by atoms with van der Waals surface area (Å²) in [5.41, 5.74) is 0. The summed E-state index contributed by atoms with van der Waals surface area (Å²) < 4.78 is 35.5. The zero-order chi connectivity index (χ0) is 36.7. The lowest BCUT2D eigenvalue weighted by atomic mass is 9.99. The fourth-order valence-corrected chi connectivity index (χ4v) is 6.26. The van der Waals surface area contributed by atoms with E-state index in [2.05, 4.69) is 13.8 Å². The normalized spacial score (nSPS) is 31.6. The topological polar surface area (TPSA) is 217 Å². The van der Waals surface area contributed by atoms with Gasteiger partial charge in [0, 0.05) is 13.2 Å². The molecule has 0 aromatic carbocycles. The highest BCUT2D eigenvalue weighted by Gasteiger charge is 2.46. The highest BCUT2D eigenvalue weighted by Crippen LogP contribution is 2.25. The number of aliphatic hydroxyl groups is 8. The maximum absolute atomic E-state index is 10.6. The van der Waals surface area contributed by atoms with E-state index in [9.17, 15) is 40.9 Å². The molecule has 0 amide bonds. The first-order chi connectivity index (χ1) is 24.2. The van der Waals surface area contributed by atoms with Crippen LogP contribution in [0.5, 0.6) is 0 Å². The fraction of sp³-hybridized carbons (Fsp3) is 1.00. The van der Waals surface area contributed by atoms with Crippen LogP contribution in [0, 0.1) is 0 Å². The molecule has 2 rings (SSSR count). The van der Waals surface area contributed by atoms with E-state index < -0.39 is 86.8 Å². The van der Waals surface area contributed by atoms with Gasteiger partial charge in [0.25, 0.3) is 0 Å². The first-order valence-electron chi connectivity index (χ1n) is 19.3. The Hall–Kier alpha value is -0.560. The van der Waals surface area contributed by atoms with Crippen LogP contribution in [0.15, 0.2) is 0 Å². The van der Waals surface area contributed by atoms with Crippen LogP contribution >= 0.6 is 0 Å². The van der Waals surface area contributed by atoms with Gasteiger partial charge < -0.3 is 69.3 Å². The highest BCUT2D eigenvalue weighted by molar-refractivity contribution is 4.90. The van der Waals surface area contributed by atoms with Crippen LogP contribution in [0.2, 0.25) is 0 Å². The van der Waals surface area contributed by atoms with E-state index in [1.165, 1.54) is 51.4 Å². The molecule has 2 aliphatic rings. The molecule has 14 nitrogen and oxygen atoms in total. The first-order valence-corrected chi connectivity index (χ1v) is 19.3. The van der Waals surface area contributed by atoms with Gasteiger partial charge in [-0.05, 0) is 12.8 Å². The van der Waals surface area contributed by atoms with E-state index in [4.69, 9.17) is 28.4 Å². The minimum absolute atomic E-state index is 0.181. The van der Waals surface area contributed by atoms with Crippen LogP contribution in [-0.4, -0.2) is 154 Å². The Labute approximate surface area is 299 Å². The van der Waals surface area contributed by atoms with Gasteiger partial charge in [0.05, 0.1) is 26.4 Å². The third-order valence-corrected chi connectivity index (χ3v) is 9.62. The quantitative estimate of drug-likeness (QED) is 0.0515. The minimum Gasteiger partial charge on any atom is -0.394 e. The van der Waals surface area contributed by atoms with Gasteiger partial charge in [0.2, 0.25) is 0 Å². The van der Waals surface area contributed by atoms with Gasteiger partial charge in [0.1, 0.15) is 61.0 Å². The molecule has 2 fully saturated rings. The van der Waals surface area contributed by atoms with Gasteiger partial charge in [-0.3, -0.25) is 0 Å². The lowest BCUT2D eigenvalue weighted by Gasteiger charge is -2.41. The molecule has 8 N–H and O–H groups in total. The second-order valence-electron chi connectivity index (χ2n) is 13.8. The Kier molecular flexibility index (Phi) is 24.7. The molecule has 0 bridgehead atoms. The Morgan fingerprint density at radius 1 is 0.440 bits per heavy atom. The Morgan fingerprint density at radius 3 is 1.08 bits per heavy atom. The molecule has 0 aromatic heterocycles. The average Bonchev–Trinajstić information content (AvgIpc) is 3.12. The first kappa shape index (κ1) is 45.6. The summed E-state index contributed by atoms with van der Waals surface area (Å²) >= 11 is 0. The van der Waals surface area contributed by atoms with Crippen molar-refractivity contribution < 1.29 is 69.3 Å². The molecule has 12 atom stereocenters. The molecule has 14 heteroatoms. The molecule has 50 heavy (non-hydrogen) atoms. The highest BCUT2D eigenvalue weighted by atomic mass is 16.7. The monoisotopic (exact) mass is 726 g/mol. The number of rotatable bonds is 29. The van der Waals surface area contributed by atoms with E-state index in [1.54, 1.807) is 0 Å². The maximum Gasteiger partial charge on any atom is 0.186 e. The van der Waals surface area contributed by atoms with Crippen molar-refractivity contribution in [1.29, 1.82) is 0 Å². The summed E-state index contributed by atoms with van der Waals surface area (Å²) in [5, 5.41) is 81.3. The zero-order valence-corrected chi connectivity index (χ0v) is 30.5. The van der Waals surface area contributed by atoms with Gasteiger partial charge in [-0.15, -0.1) is 0 Å². The third-order valence-electron chi connectivity index (χ3n) is 9.62. The van der Waals surface area contributed by atoms with E-state index in [-0.39, 0.29) is 13.2 Å². The predicted molar refractivity (Wildman–Crippen MR) is 184 cm³/mol. The van der Waals surface area contributed by atoms with E-state index in [0.29, 0.717) is 13.2 Å². The summed E-state index contributed by atoms with van der Waals surface area (Å²) in [7, 11) is 0. The van der Waals surface area contributed by atoms with Crippen LogP contribution in [0.25, 0.3) is 0 Å². The average molecular weight is 727 g/mol. The zero-order valence-electron chi connectivity index (χ0n) is 30.5. The molecule has 298 valence electrons. The third kappa shape index (κ3) is 16.2. The largest absolute Gasteiger partial charge is 0.394 e. The second kappa shape index (κ2) is 27.1. The van der Waals surface area contributed by atoms with Crippen molar-refractivity contribution in [2.75, 3.05) is 39.6 Å². The summed E-state index contributed by atoms with van der Waals surface area (Å²) in [4.78, 5) is 0. The molecule has 2 heterocycles. The van der Waals surface area contributed by atoms with Crippen molar-refractivity contribution in [2.24, 2.45) is 0 Å². The lowest BCUT2D eigenvalue weighted by Crippen LogP contribution is -2.60. The molecule has 0 spiro atoms. The number of hydrogen-bond donors (Lipinski definition) is 8. The van der Waals surface area contributed by atoms with E-state index >= 15 is 0 Å². The molecule has 2 saturated heterocycles. The molecule has 0 unspecified atom stereocenters. The SMILES string of the molecule is CCCCCCCCCCO[C@H](CO[C@@H]1O[C@H](CO)[C@@H](O)[C@H](O)[C@H]1O)[C@@H](CO[C@@H]1O[C@H](CO)[C@@H](O)[C@H](O)[C@H]1O)OCCCCCCCCCC. The number of hydrogen-bond acceptors (Lipinski definition) is 14. The molecular weight excluding hydrogens is 656 g/mol. The van der Waals surface area contributed by atoms with Gasteiger partial charge in [-0.1, -0.05) is 104 Å². The molecule has 2 aliphatic heterocycles. The van der Waals surface area contributed by atoms with Gasteiger partial charge >= 0.3 is 0 Å². The van der Waals surface area contributed by atoms with Crippen LogP contribution in [0.3, 0.4) is 0 Å². The van der Waals surface area contributed by atoms with Crippen molar-refractivity contribution in [1.82, 2.24) is 0 Å². The van der Waals surface area contributed by atoms with Gasteiger partial charge in [-0.25, -0.2) is 0 Å². The molecular formula is C36H70O14. The Morgan fingerprint density at radius 2 is 0.760 bits per heavy atom. The maximum atomic E-state index is 10.6. The van der Waals surface area contributed by atoms with Gasteiger partial charge in [-0.2, -0.15) is 0 Å².